The summed E-state index contributed by atoms with van der Waals surface area (Å²) in [5.74, 6) is -0.695. The molecule has 2 N–H and O–H groups in total. The zero-order valence-electron chi connectivity index (χ0n) is 10.1. The van der Waals surface area contributed by atoms with Gasteiger partial charge in [0, 0.05) is 22.1 Å². The molecule has 1 rings (SSSR count). The van der Waals surface area contributed by atoms with Crippen molar-refractivity contribution >= 4 is 26.3 Å². The Morgan fingerprint density at radius 3 is 2.50 bits per heavy atom. The number of hydrogen-bond acceptors (Lipinski definition) is 4. The largest absolute Gasteiger partial charge is 0.399 e. The maximum Gasteiger partial charge on any atom is 0.151 e. The number of rotatable bonds is 6. The highest BCUT2D eigenvalue weighted by atomic mass is 32.2. The molecule has 4 nitrogen and oxygen atoms in total. The van der Waals surface area contributed by atoms with Crippen molar-refractivity contribution in [3.8, 4) is 0 Å². The highest BCUT2D eigenvalue weighted by Gasteiger charge is 2.13. The molecule has 7 heteroatoms. The maximum atomic E-state index is 13.1. The van der Waals surface area contributed by atoms with E-state index in [2.05, 4.69) is 0 Å². The summed E-state index contributed by atoms with van der Waals surface area (Å²) in [7, 11) is -4.73. The molecule has 0 radical (unpaired) electrons. The molecule has 0 saturated carbocycles. The summed E-state index contributed by atoms with van der Waals surface area (Å²) in [6.07, 6.45) is 0.530. The van der Waals surface area contributed by atoms with Gasteiger partial charge in [-0.25, -0.2) is 12.8 Å². The van der Waals surface area contributed by atoms with E-state index < -0.39 is 26.5 Å². The van der Waals surface area contributed by atoms with Crippen LogP contribution in [0.4, 0.5) is 10.1 Å². The highest BCUT2D eigenvalue weighted by molar-refractivity contribution is 7.93. The minimum Gasteiger partial charge on any atom is -0.399 e. The van der Waals surface area contributed by atoms with E-state index in [1.807, 2.05) is 0 Å². The number of sulfone groups is 1. The summed E-state index contributed by atoms with van der Waals surface area (Å²) < 4.78 is 47.8. The van der Waals surface area contributed by atoms with Crippen LogP contribution in [0.5, 0.6) is 0 Å². The molecule has 0 aliphatic heterocycles. The van der Waals surface area contributed by atoms with Crippen molar-refractivity contribution in [1.82, 2.24) is 0 Å². The lowest BCUT2D eigenvalue weighted by Gasteiger charge is -2.05. The summed E-state index contributed by atoms with van der Waals surface area (Å²) in [4.78, 5) is 0.221. The molecule has 0 fully saturated rings. The summed E-state index contributed by atoms with van der Waals surface area (Å²) >= 11 is 0. The highest BCUT2D eigenvalue weighted by Crippen LogP contribution is 2.15. The fourth-order valence-electron chi connectivity index (χ4n) is 1.45. The SMILES string of the molecule is CCCS(=O)(=O)CCS(=O)c1cc(N)cc(F)c1. The summed E-state index contributed by atoms with van der Waals surface area (Å²) in [6, 6.07) is 3.62. The molecule has 1 aromatic rings. The van der Waals surface area contributed by atoms with Crippen LogP contribution >= 0.6 is 0 Å². The number of benzene rings is 1. The summed E-state index contributed by atoms with van der Waals surface area (Å²) in [6.45, 7) is 1.77. The Bertz CT molecular complexity index is 523. The molecule has 0 heterocycles. The Hall–Kier alpha value is -0.950. The second-order valence-corrected chi connectivity index (χ2v) is 7.80. The number of anilines is 1. The zero-order valence-corrected chi connectivity index (χ0v) is 11.7. The predicted molar refractivity (Wildman–Crippen MR) is 71.0 cm³/mol. The molecule has 0 amide bonds. The van der Waals surface area contributed by atoms with Crippen LogP contribution in [0, 0.1) is 5.82 Å². The third-order valence-corrected chi connectivity index (χ3v) is 5.70. The maximum absolute atomic E-state index is 13.1. The lowest BCUT2D eigenvalue weighted by molar-refractivity contribution is 0.595. The second-order valence-electron chi connectivity index (χ2n) is 3.92. The fourth-order valence-corrected chi connectivity index (χ4v) is 4.64. The monoisotopic (exact) mass is 293 g/mol. The van der Waals surface area contributed by atoms with Gasteiger partial charge in [0.1, 0.15) is 5.82 Å². The van der Waals surface area contributed by atoms with Crippen LogP contribution in [0.15, 0.2) is 23.1 Å². The minimum absolute atomic E-state index is 0.0365. The average Bonchev–Trinajstić information content (AvgIpc) is 2.24. The molecule has 0 aromatic heterocycles. The minimum atomic E-state index is -3.17. The van der Waals surface area contributed by atoms with Crippen LogP contribution in [-0.4, -0.2) is 29.9 Å². The molecule has 18 heavy (non-hydrogen) atoms. The van der Waals surface area contributed by atoms with Crippen molar-refractivity contribution in [2.75, 3.05) is 23.0 Å². The Kier molecular flexibility index (Phi) is 5.28. The molecule has 0 aliphatic rings. The van der Waals surface area contributed by atoms with Crippen LogP contribution in [0.3, 0.4) is 0 Å². The normalized spacial score (nSPS) is 13.4. The van der Waals surface area contributed by atoms with Gasteiger partial charge in [-0.15, -0.1) is 0 Å². The van der Waals surface area contributed by atoms with Crippen molar-refractivity contribution in [2.45, 2.75) is 18.2 Å². The van der Waals surface area contributed by atoms with Gasteiger partial charge in [-0.2, -0.15) is 0 Å². The van der Waals surface area contributed by atoms with Crippen molar-refractivity contribution in [1.29, 1.82) is 0 Å². The van der Waals surface area contributed by atoms with Gasteiger partial charge in [-0.1, -0.05) is 6.92 Å². The molecule has 0 saturated heterocycles. The molecular weight excluding hydrogens is 277 g/mol. The first-order chi connectivity index (χ1) is 8.34. The number of halogens is 1. The van der Waals surface area contributed by atoms with Crippen LogP contribution in [0.25, 0.3) is 0 Å². The Labute approximate surface area is 109 Å². The van der Waals surface area contributed by atoms with Gasteiger partial charge in [0.25, 0.3) is 0 Å². The van der Waals surface area contributed by atoms with E-state index in [0.717, 1.165) is 12.1 Å². The molecule has 1 aromatic carbocycles. The number of nitrogens with two attached hydrogens (primary N) is 1. The molecule has 1 unspecified atom stereocenters. The van der Waals surface area contributed by atoms with E-state index in [0.29, 0.717) is 6.42 Å². The van der Waals surface area contributed by atoms with Gasteiger partial charge in [0.2, 0.25) is 0 Å². The summed E-state index contributed by atoms with van der Waals surface area (Å²) in [5, 5.41) is 0. The molecular formula is C11H16FNO3S2. The molecule has 0 spiro atoms. The average molecular weight is 293 g/mol. The van der Waals surface area contributed by atoms with Crippen molar-refractivity contribution in [2.24, 2.45) is 0 Å². The molecule has 0 bridgehead atoms. The lowest BCUT2D eigenvalue weighted by atomic mass is 10.3. The van der Waals surface area contributed by atoms with Crippen molar-refractivity contribution in [3.63, 3.8) is 0 Å². The van der Waals surface area contributed by atoms with Crippen LogP contribution in [0.2, 0.25) is 0 Å². The van der Waals surface area contributed by atoms with Gasteiger partial charge in [0.15, 0.2) is 9.84 Å². The van der Waals surface area contributed by atoms with Crippen LogP contribution < -0.4 is 5.73 Å². The second kappa shape index (κ2) is 6.29. The van der Waals surface area contributed by atoms with E-state index in [1.165, 1.54) is 6.07 Å². The Morgan fingerprint density at radius 2 is 1.94 bits per heavy atom. The standard InChI is InChI=1S/C11H16FNO3S2/c1-2-4-18(15,16)5-3-17(14)11-7-9(12)6-10(13)8-11/h6-8H,2-5,13H2,1H3. The fraction of sp³-hybridized carbons (Fsp3) is 0.455. The first-order valence-electron chi connectivity index (χ1n) is 5.49. The quantitative estimate of drug-likeness (QED) is 0.803. The third-order valence-electron chi connectivity index (χ3n) is 2.25. The van der Waals surface area contributed by atoms with Crippen LogP contribution in [-0.2, 0) is 20.6 Å². The first kappa shape index (κ1) is 15.1. The van der Waals surface area contributed by atoms with Crippen molar-refractivity contribution < 1.29 is 17.0 Å². The van der Waals surface area contributed by atoms with E-state index in [1.54, 1.807) is 6.92 Å². The molecule has 102 valence electrons. The molecule has 0 aliphatic carbocycles. The Balaban J connectivity index is 2.72. The van der Waals surface area contributed by atoms with Gasteiger partial charge >= 0.3 is 0 Å². The zero-order chi connectivity index (χ0) is 13.8. The van der Waals surface area contributed by atoms with E-state index in [4.69, 9.17) is 5.73 Å². The van der Waals surface area contributed by atoms with Gasteiger partial charge < -0.3 is 5.73 Å². The lowest BCUT2D eigenvalue weighted by Crippen LogP contribution is -2.16. The van der Waals surface area contributed by atoms with Crippen LogP contribution in [0.1, 0.15) is 13.3 Å². The van der Waals surface area contributed by atoms with E-state index in [9.17, 15) is 17.0 Å². The van der Waals surface area contributed by atoms with E-state index >= 15 is 0 Å². The topological polar surface area (TPSA) is 77.2 Å². The smallest absolute Gasteiger partial charge is 0.151 e. The predicted octanol–water partition coefficient (Wildman–Crippen LogP) is 1.34. The van der Waals surface area contributed by atoms with Gasteiger partial charge in [0.05, 0.1) is 16.6 Å². The van der Waals surface area contributed by atoms with Gasteiger partial charge in [-0.05, 0) is 24.6 Å². The Morgan fingerprint density at radius 1 is 1.28 bits per heavy atom. The number of hydrogen-bond donors (Lipinski definition) is 1. The van der Waals surface area contributed by atoms with Crippen molar-refractivity contribution in [3.05, 3.63) is 24.0 Å². The number of nitrogen functional groups attached to an aromatic ring is 1. The van der Waals surface area contributed by atoms with Gasteiger partial charge in [-0.3, -0.25) is 4.21 Å². The van der Waals surface area contributed by atoms with E-state index in [-0.39, 0.29) is 27.8 Å². The molecule has 1 atom stereocenters. The summed E-state index contributed by atoms with van der Waals surface area (Å²) in [5.41, 5.74) is 5.61. The third kappa shape index (κ3) is 4.73. The first-order valence-corrected chi connectivity index (χ1v) is 8.63.